The van der Waals surface area contributed by atoms with Crippen LogP contribution in [0.2, 0.25) is 0 Å². The summed E-state index contributed by atoms with van der Waals surface area (Å²) in [5.74, 6) is -0.699. The van der Waals surface area contributed by atoms with Gasteiger partial charge in [-0.05, 0) is 62.6 Å². The molecule has 0 aliphatic carbocycles. The summed E-state index contributed by atoms with van der Waals surface area (Å²) >= 11 is 0. The summed E-state index contributed by atoms with van der Waals surface area (Å²) in [6, 6.07) is 0. The van der Waals surface area contributed by atoms with Crippen LogP contribution in [0.4, 0.5) is 0 Å². The van der Waals surface area contributed by atoms with Crippen molar-refractivity contribution in [1.82, 2.24) is 10.2 Å². The Morgan fingerprint density at radius 3 is 1.62 bits per heavy atom. The molecule has 2 atom stereocenters. The largest absolute Gasteiger partial charge is 0.444 e. The molecule has 0 spiro atoms. The van der Waals surface area contributed by atoms with Crippen molar-refractivity contribution in [3.05, 3.63) is 24.3 Å². The maximum absolute atomic E-state index is 11.1. The number of carbonyl (C=O) groups is 2. The summed E-state index contributed by atoms with van der Waals surface area (Å²) in [5.41, 5.74) is 0.788. The van der Waals surface area contributed by atoms with Crippen molar-refractivity contribution >= 4 is 11.9 Å². The topological polar surface area (TPSA) is 67.9 Å². The molecule has 0 aromatic rings. The Kier molecular flexibility index (Phi) is 11.3. The lowest BCUT2D eigenvalue weighted by Gasteiger charge is -2.25. The number of hydrogen-bond acceptors (Lipinski definition) is 6. The molecule has 140 valence electrons. The highest BCUT2D eigenvalue weighted by Gasteiger charge is 2.16. The first-order valence-electron chi connectivity index (χ1n) is 7.84. The highest BCUT2D eigenvalue weighted by molar-refractivity contribution is 5.87. The SMILES string of the molecule is C=C(C)C(=O)OC(C)N(C)C.C=C(C)C(=O)OC(C)NC(C)(C)C. The summed E-state index contributed by atoms with van der Waals surface area (Å²) in [6.45, 7) is 19.9. The second-order valence-corrected chi connectivity index (χ2v) is 6.97. The zero-order valence-corrected chi connectivity index (χ0v) is 16.6. The van der Waals surface area contributed by atoms with E-state index < -0.39 is 0 Å². The molecule has 0 radical (unpaired) electrons. The first kappa shape index (κ1) is 24.6. The van der Waals surface area contributed by atoms with Crippen LogP contribution in [-0.4, -0.2) is 48.9 Å². The van der Waals surface area contributed by atoms with Gasteiger partial charge < -0.3 is 9.47 Å². The van der Waals surface area contributed by atoms with E-state index in [2.05, 4.69) is 18.5 Å². The highest BCUT2D eigenvalue weighted by Crippen LogP contribution is 2.03. The van der Waals surface area contributed by atoms with Gasteiger partial charge in [0.1, 0.15) is 0 Å². The summed E-state index contributed by atoms with van der Waals surface area (Å²) in [6.07, 6.45) is -0.483. The van der Waals surface area contributed by atoms with Gasteiger partial charge in [-0.15, -0.1) is 0 Å². The maximum atomic E-state index is 11.1. The van der Waals surface area contributed by atoms with Crippen LogP contribution in [0.25, 0.3) is 0 Å². The van der Waals surface area contributed by atoms with Crippen LogP contribution in [0, 0.1) is 0 Å². The molecule has 0 aromatic carbocycles. The minimum atomic E-state index is -0.357. The lowest BCUT2D eigenvalue weighted by Crippen LogP contribution is -2.44. The first-order valence-corrected chi connectivity index (χ1v) is 7.84. The fraction of sp³-hybridized carbons (Fsp3) is 0.667. The molecule has 0 aliphatic rings. The van der Waals surface area contributed by atoms with Gasteiger partial charge in [-0.1, -0.05) is 13.2 Å². The van der Waals surface area contributed by atoms with Crippen LogP contribution in [-0.2, 0) is 19.1 Å². The van der Waals surface area contributed by atoms with Gasteiger partial charge in [0.05, 0.1) is 0 Å². The Hall–Kier alpha value is -1.66. The van der Waals surface area contributed by atoms with Gasteiger partial charge in [0, 0.05) is 16.7 Å². The van der Waals surface area contributed by atoms with Crippen LogP contribution in [0.3, 0.4) is 0 Å². The zero-order valence-electron chi connectivity index (χ0n) is 16.6. The van der Waals surface area contributed by atoms with E-state index in [0.717, 1.165) is 0 Å². The van der Waals surface area contributed by atoms with Gasteiger partial charge in [0.2, 0.25) is 0 Å². The van der Waals surface area contributed by atoms with Crippen LogP contribution < -0.4 is 5.32 Å². The normalized spacial score (nSPS) is 13.2. The number of carbonyl (C=O) groups excluding carboxylic acids is 2. The molecule has 0 saturated heterocycles. The van der Waals surface area contributed by atoms with Crippen LogP contribution in [0.1, 0.15) is 48.5 Å². The monoisotopic (exact) mass is 342 g/mol. The van der Waals surface area contributed by atoms with E-state index in [-0.39, 0.29) is 29.9 Å². The Morgan fingerprint density at radius 1 is 0.958 bits per heavy atom. The Bertz CT molecular complexity index is 450. The van der Waals surface area contributed by atoms with Crippen molar-refractivity contribution in [3.63, 3.8) is 0 Å². The molecule has 24 heavy (non-hydrogen) atoms. The Balaban J connectivity index is 0. The summed E-state index contributed by atoms with van der Waals surface area (Å²) in [4.78, 5) is 23.8. The molecule has 0 rings (SSSR count). The van der Waals surface area contributed by atoms with Crippen LogP contribution >= 0.6 is 0 Å². The van der Waals surface area contributed by atoms with Crippen molar-refractivity contribution in [3.8, 4) is 0 Å². The fourth-order valence-electron chi connectivity index (χ4n) is 1.26. The fourth-order valence-corrected chi connectivity index (χ4v) is 1.26. The Morgan fingerprint density at radius 2 is 1.33 bits per heavy atom. The maximum Gasteiger partial charge on any atom is 0.334 e. The van der Waals surface area contributed by atoms with E-state index in [4.69, 9.17) is 9.47 Å². The third kappa shape index (κ3) is 14.0. The van der Waals surface area contributed by atoms with Crippen molar-refractivity contribution in [2.45, 2.75) is 66.5 Å². The lowest BCUT2D eigenvalue weighted by molar-refractivity contribution is -0.150. The van der Waals surface area contributed by atoms with Crippen LogP contribution in [0.15, 0.2) is 24.3 Å². The molecule has 0 amide bonds. The number of nitrogens with zero attached hydrogens (tertiary/aromatic N) is 1. The minimum Gasteiger partial charge on any atom is -0.444 e. The number of rotatable bonds is 6. The highest BCUT2D eigenvalue weighted by atomic mass is 16.6. The number of esters is 2. The van der Waals surface area contributed by atoms with Crippen molar-refractivity contribution in [1.29, 1.82) is 0 Å². The number of ether oxygens (including phenoxy) is 2. The molecular formula is C18H34N2O4. The molecule has 2 unspecified atom stereocenters. The second-order valence-electron chi connectivity index (χ2n) is 6.97. The smallest absolute Gasteiger partial charge is 0.334 e. The van der Waals surface area contributed by atoms with E-state index >= 15 is 0 Å². The minimum absolute atomic E-state index is 0.0607. The number of nitrogens with one attached hydrogen (secondary N) is 1. The van der Waals surface area contributed by atoms with Gasteiger partial charge in [-0.2, -0.15) is 0 Å². The summed E-state index contributed by atoms with van der Waals surface area (Å²) in [5, 5.41) is 3.12. The van der Waals surface area contributed by atoms with E-state index in [1.54, 1.807) is 32.6 Å². The van der Waals surface area contributed by atoms with Crippen molar-refractivity contribution in [2.75, 3.05) is 14.1 Å². The van der Waals surface area contributed by atoms with E-state index in [0.29, 0.717) is 11.1 Å². The van der Waals surface area contributed by atoms with Crippen molar-refractivity contribution in [2.24, 2.45) is 0 Å². The average molecular weight is 342 g/mol. The lowest BCUT2D eigenvalue weighted by atomic mass is 10.1. The standard InChI is InChI=1S/C10H19NO2.C8H15NO2/c1-7(2)9(12)13-8(3)11-10(4,5)6;1-6(2)8(10)11-7(3)9(4)5/h8,11H,1H2,2-6H3;7H,1H2,2-5H3. The molecule has 1 N–H and O–H groups in total. The molecular weight excluding hydrogens is 308 g/mol. The van der Waals surface area contributed by atoms with Gasteiger partial charge in [-0.25, -0.2) is 9.59 Å². The molecule has 0 aromatic heterocycles. The van der Waals surface area contributed by atoms with E-state index in [1.165, 1.54) is 0 Å². The zero-order chi connectivity index (χ0) is 19.7. The molecule has 0 fully saturated rings. The first-order chi connectivity index (χ1) is 10.7. The molecule has 0 saturated carbocycles. The second kappa shape index (κ2) is 11.0. The van der Waals surface area contributed by atoms with Crippen LogP contribution in [0.5, 0.6) is 0 Å². The quantitative estimate of drug-likeness (QED) is 0.455. The Labute approximate surface area is 146 Å². The molecule has 0 bridgehead atoms. The van der Waals surface area contributed by atoms with Gasteiger partial charge in [-0.3, -0.25) is 10.2 Å². The molecule has 6 heteroatoms. The molecule has 0 aliphatic heterocycles. The predicted molar refractivity (Wildman–Crippen MR) is 97.3 cm³/mol. The average Bonchev–Trinajstić information content (AvgIpc) is 2.36. The third-order valence-corrected chi connectivity index (χ3v) is 2.62. The third-order valence-electron chi connectivity index (χ3n) is 2.62. The predicted octanol–water partition coefficient (Wildman–Crippen LogP) is 2.85. The van der Waals surface area contributed by atoms with Crippen molar-refractivity contribution < 1.29 is 19.1 Å². The van der Waals surface area contributed by atoms with Gasteiger partial charge in [0.25, 0.3) is 0 Å². The van der Waals surface area contributed by atoms with Gasteiger partial charge >= 0.3 is 11.9 Å². The summed E-state index contributed by atoms with van der Waals surface area (Å²) in [7, 11) is 3.69. The number of hydrogen-bond donors (Lipinski definition) is 1. The van der Waals surface area contributed by atoms with Gasteiger partial charge in [0.15, 0.2) is 12.5 Å². The van der Waals surface area contributed by atoms with E-state index in [1.807, 2.05) is 34.9 Å². The molecule has 6 nitrogen and oxygen atoms in total. The molecule has 0 heterocycles. The summed E-state index contributed by atoms with van der Waals surface area (Å²) < 4.78 is 10.00. The van der Waals surface area contributed by atoms with E-state index in [9.17, 15) is 9.59 Å².